The summed E-state index contributed by atoms with van der Waals surface area (Å²) in [6, 6.07) is 4.84. The monoisotopic (exact) mass is 276 g/mol. The lowest BCUT2D eigenvalue weighted by Gasteiger charge is -2.23. The van der Waals surface area contributed by atoms with Crippen molar-refractivity contribution < 1.29 is 9.13 Å². The van der Waals surface area contributed by atoms with E-state index in [9.17, 15) is 4.39 Å². The molecule has 0 bridgehead atoms. The number of hydrogen-bond donors (Lipinski definition) is 1. The highest BCUT2D eigenvalue weighted by Gasteiger charge is 2.23. The smallest absolute Gasteiger partial charge is 0.165 e. The van der Waals surface area contributed by atoms with Crippen molar-refractivity contribution in [3.8, 4) is 17.1 Å². The van der Waals surface area contributed by atoms with Crippen molar-refractivity contribution in [2.45, 2.75) is 19.4 Å². The Hall–Kier alpha value is -1.95. The molecule has 0 spiro atoms. The lowest BCUT2D eigenvalue weighted by molar-refractivity contribution is 0.375. The van der Waals surface area contributed by atoms with E-state index in [1.807, 2.05) is 4.57 Å². The lowest BCUT2D eigenvalue weighted by Crippen LogP contribution is -2.26. The minimum atomic E-state index is -0.395. The zero-order valence-corrected chi connectivity index (χ0v) is 11.3. The molecule has 0 radical (unpaired) electrons. The van der Waals surface area contributed by atoms with Crippen molar-refractivity contribution >= 4 is 0 Å². The van der Waals surface area contributed by atoms with Gasteiger partial charge in [0.2, 0.25) is 0 Å². The molecule has 6 heteroatoms. The number of methoxy groups -OCH3 is 1. The Morgan fingerprint density at radius 3 is 3.00 bits per heavy atom. The largest absolute Gasteiger partial charge is 0.494 e. The van der Waals surface area contributed by atoms with Gasteiger partial charge in [-0.2, -0.15) is 0 Å². The fourth-order valence-corrected chi connectivity index (χ4v) is 2.61. The minimum Gasteiger partial charge on any atom is -0.494 e. The first-order valence-corrected chi connectivity index (χ1v) is 6.69. The van der Waals surface area contributed by atoms with Gasteiger partial charge < -0.3 is 15.0 Å². The fourth-order valence-electron chi connectivity index (χ4n) is 2.61. The average Bonchev–Trinajstić information content (AvgIpc) is 2.89. The van der Waals surface area contributed by atoms with Crippen LogP contribution >= 0.6 is 0 Å². The number of aryl methyl sites for hydroxylation is 1. The summed E-state index contributed by atoms with van der Waals surface area (Å²) in [6.45, 7) is 1.44. The number of rotatable bonds is 3. The quantitative estimate of drug-likeness (QED) is 0.925. The van der Waals surface area contributed by atoms with Gasteiger partial charge in [0.25, 0.3) is 0 Å². The molecule has 1 aromatic carbocycles. The molecule has 1 aromatic heterocycles. The predicted octanol–water partition coefficient (Wildman–Crippen LogP) is 1.61. The van der Waals surface area contributed by atoms with Crippen LogP contribution in [-0.4, -0.2) is 28.4 Å². The van der Waals surface area contributed by atoms with Gasteiger partial charge >= 0.3 is 0 Å². The molecule has 0 amide bonds. The predicted molar refractivity (Wildman–Crippen MR) is 72.8 cm³/mol. The van der Waals surface area contributed by atoms with Crippen molar-refractivity contribution in [3.63, 3.8) is 0 Å². The summed E-state index contributed by atoms with van der Waals surface area (Å²) >= 11 is 0. The highest BCUT2D eigenvalue weighted by molar-refractivity contribution is 5.57. The second kappa shape index (κ2) is 5.20. The molecule has 2 aromatic rings. The van der Waals surface area contributed by atoms with Crippen LogP contribution in [0.25, 0.3) is 11.4 Å². The summed E-state index contributed by atoms with van der Waals surface area (Å²) in [5.41, 5.74) is 6.46. The van der Waals surface area contributed by atoms with Crippen LogP contribution in [0.2, 0.25) is 0 Å². The van der Waals surface area contributed by atoms with Gasteiger partial charge in [0, 0.05) is 18.5 Å². The third-order valence-electron chi connectivity index (χ3n) is 3.79. The van der Waals surface area contributed by atoms with E-state index in [0.717, 1.165) is 25.2 Å². The summed E-state index contributed by atoms with van der Waals surface area (Å²) in [5, 5.41) is 8.39. The first-order valence-electron chi connectivity index (χ1n) is 6.69. The van der Waals surface area contributed by atoms with E-state index in [2.05, 4.69) is 10.2 Å². The maximum atomic E-state index is 13.8. The van der Waals surface area contributed by atoms with E-state index in [-0.39, 0.29) is 5.75 Å². The Kier molecular flexibility index (Phi) is 3.40. The molecule has 3 rings (SSSR count). The lowest BCUT2D eigenvalue weighted by atomic mass is 9.99. The molecule has 1 aliphatic heterocycles. The molecule has 5 nitrogen and oxygen atoms in total. The molecule has 1 atom stereocenters. The number of ether oxygens (including phenoxy) is 1. The van der Waals surface area contributed by atoms with Crippen LogP contribution in [0.15, 0.2) is 18.2 Å². The summed E-state index contributed by atoms with van der Waals surface area (Å²) in [4.78, 5) is 0. The summed E-state index contributed by atoms with van der Waals surface area (Å²) in [5.74, 6) is 1.90. The first-order chi connectivity index (χ1) is 9.72. The zero-order chi connectivity index (χ0) is 14.1. The maximum Gasteiger partial charge on any atom is 0.165 e. The topological polar surface area (TPSA) is 66.0 Å². The number of nitrogens with zero attached hydrogens (tertiary/aromatic N) is 3. The Morgan fingerprint density at radius 1 is 1.45 bits per heavy atom. The van der Waals surface area contributed by atoms with Gasteiger partial charge in [-0.05, 0) is 37.1 Å². The van der Waals surface area contributed by atoms with Crippen molar-refractivity contribution in [3.05, 3.63) is 29.8 Å². The summed E-state index contributed by atoms with van der Waals surface area (Å²) in [6.07, 6.45) is 1.90. The average molecular weight is 276 g/mol. The molecule has 2 heterocycles. The molecular weight excluding hydrogens is 259 g/mol. The van der Waals surface area contributed by atoms with E-state index in [0.29, 0.717) is 23.9 Å². The molecular formula is C14H17FN4O. The Morgan fingerprint density at radius 2 is 2.30 bits per heavy atom. The van der Waals surface area contributed by atoms with Gasteiger partial charge in [-0.3, -0.25) is 0 Å². The molecule has 1 aliphatic rings. The van der Waals surface area contributed by atoms with Crippen LogP contribution in [-0.2, 0) is 13.0 Å². The van der Waals surface area contributed by atoms with Crippen molar-refractivity contribution in [2.75, 3.05) is 13.7 Å². The zero-order valence-electron chi connectivity index (χ0n) is 11.3. The van der Waals surface area contributed by atoms with E-state index in [4.69, 9.17) is 10.5 Å². The fraction of sp³-hybridized carbons (Fsp3) is 0.429. The van der Waals surface area contributed by atoms with Gasteiger partial charge in [0.05, 0.1) is 7.11 Å². The Bertz CT molecular complexity index is 626. The number of aromatic nitrogens is 3. The van der Waals surface area contributed by atoms with Crippen molar-refractivity contribution in [1.29, 1.82) is 0 Å². The van der Waals surface area contributed by atoms with Crippen LogP contribution in [0.1, 0.15) is 12.2 Å². The van der Waals surface area contributed by atoms with E-state index >= 15 is 0 Å². The number of halogens is 1. The Labute approximate surface area is 116 Å². The number of nitrogens with two attached hydrogens (primary N) is 1. The molecule has 0 saturated carbocycles. The van der Waals surface area contributed by atoms with Crippen molar-refractivity contribution in [1.82, 2.24) is 14.8 Å². The molecule has 20 heavy (non-hydrogen) atoms. The third-order valence-corrected chi connectivity index (χ3v) is 3.79. The van der Waals surface area contributed by atoms with E-state index < -0.39 is 5.82 Å². The Balaban J connectivity index is 1.99. The van der Waals surface area contributed by atoms with Gasteiger partial charge in [-0.25, -0.2) is 4.39 Å². The SMILES string of the molecule is COc1ccc(-c2nnc3n2CC(CN)CC3)cc1F. The molecule has 0 aliphatic carbocycles. The van der Waals surface area contributed by atoms with E-state index in [1.54, 1.807) is 12.1 Å². The first kappa shape index (κ1) is 13.1. The number of fused-ring (bicyclic) bond motifs is 1. The molecule has 1 unspecified atom stereocenters. The van der Waals surface area contributed by atoms with Crippen LogP contribution in [0.4, 0.5) is 4.39 Å². The number of hydrogen-bond acceptors (Lipinski definition) is 4. The van der Waals surface area contributed by atoms with Crippen LogP contribution < -0.4 is 10.5 Å². The van der Waals surface area contributed by atoms with Gasteiger partial charge in [0.1, 0.15) is 5.82 Å². The summed E-state index contributed by atoms with van der Waals surface area (Å²) in [7, 11) is 1.45. The highest BCUT2D eigenvalue weighted by atomic mass is 19.1. The van der Waals surface area contributed by atoms with Crippen molar-refractivity contribution in [2.24, 2.45) is 11.7 Å². The second-order valence-corrected chi connectivity index (χ2v) is 5.04. The maximum absolute atomic E-state index is 13.8. The van der Waals surface area contributed by atoms with Gasteiger partial charge in [-0.1, -0.05) is 0 Å². The van der Waals surface area contributed by atoms with Crippen LogP contribution in [0, 0.1) is 11.7 Å². The third kappa shape index (κ3) is 2.16. The van der Waals surface area contributed by atoms with Crippen LogP contribution in [0.3, 0.4) is 0 Å². The number of benzene rings is 1. The standard InChI is InChI=1S/C14H17FN4O/c1-20-12-4-3-10(6-11(12)15)14-18-17-13-5-2-9(7-16)8-19(13)14/h3-4,6,9H,2,5,7-8,16H2,1H3. The molecule has 106 valence electrons. The minimum absolute atomic E-state index is 0.229. The normalized spacial score (nSPS) is 17.9. The van der Waals surface area contributed by atoms with Gasteiger partial charge in [0.15, 0.2) is 17.4 Å². The molecule has 0 saturated heterocycles. The summed E-state index contributed by atoms with van der Waals surface area (Å²) < 4.78 is 20.8. The highest BCUT2D eigenvalue weighted by Crippen LogP contribution is 2.28. The van der Waals surface area contributed by atoms with Crippen LogP contribution in [0.5, 0.6) is 5.75 Å². The second-order valence-electron chi connectivity index (χ2n) is 5.04. The molecule has 2 N–H and O–H groups in total. The van der Waals surface area contributed by atoms with E-state index in [1.165, 1.54) is 13.2 Å². The molecule has 0 fully saturated rings. The van der Waals surface area contributed by atoms with Gasteiger partial charge in [-0.15, -0.1) is 10.2 Å².